The van der Waals surface area contributed by atoms with Gasteiger partial charge in [0.25, 0.3) is 0 Å². The first-order chi connectivity index (χ1) is 5.74. The van der Waals surface area contributed by atoms with Crippen molar-refractivity contribution in [3.05, 3.63) is 27.7 Å². The number of nitrogens with one attached hydrogen (secondary N) is 1. The maximum Gasteiger partial charge on any atom is 0.112 e. The zero-order chi connectivity index (χ0) is 8.97. The molecule has 0 aromatic heterocycles. The standard InChI is InChI=1S/C7H7BrClN3/c8-6-3-5(9)1-2-7(6)11-4-12-10/h1-4H,10H2,(H,11,12). The Bertz CT molecular complexity index is 301. The van der Waals surface area contributed by atoms with E-state index in [0.717, 1.165) is 10.2 Å². The Hall–Kier alpha value is -0.740. The van der Waals surface area contributed by atoms with Gasteiger partial charge >= 0.3 is 0 Å². The Morgan fingerprint density at radius 1 is 1.58 bits per heavy atom. The van der Waals surface area contributed by atoms with Crippen molar-refractivity contribution in [2.24, 2.45) is 10.9 Å². The molecule has 0 amide bonds. The summed E-state index contributed by atoms with van der Waals surface area (Å²) in [6.07, 6.45) is 1.40. The molecule has 0 unspecified atom stereocenters. The fraction of sp³-hybridized carbons (Fsp3) is 0. The molecule has 0 aliphatic rings. The number of hydrogen-bond acceptors (Lipinski definition) is 2. The van der Waals surface area contributed by atoms with E-state index in [9.17, 15) is 0 Å². The zero-order valence-corrected chi connectivity index (χ0v) is 8.43. The van der Waals surface area contributed by atoms with E-state index in [4.69, 9.17) is 17.4 Å². The molecule has 3 nitrogen and oxygen atoms in total. The van der Waals surface area contributed by atoms with Crippen molar-refractivity contribution in [2.75, 3.05) is 5.32 Å². The average molecular weight is 249 g/mol. The summed E-state index contributed by atoms with van der Waals surface area (Å²) in [5, 5.41) is 6.85. The van der Waals surface area contributed by atoms with Crippen LogP contribution in [0.2, 0.25) is 5.02 Å². The number of benzene rings is 1. The van der Waals surface area contributed by atoms with Crippen LogP contribution in [0, 0.1) is 0 Å². The zero-order valence-electron chi connectivity index (χ0n) is 6.09. The van der Waals surface area contributed by atoms with Gasteiger partial charge in [-0.2, -0.15) is 5.10 Å². The molecule has 0 saturated carbocycles. The van der Waals surface area contributed by atoms with Crippen molar-refractivity contribution in [3.8, 4) is 0 Å². The normalized spacial score (nSPS) is 10.5. The summed E-state index contributed by atoms with van der Waals surface area (Å²) >= 11 is 9.06. The molecule has 1 aromatic rings. The first kappa shape index (κ1) is 9.35. The van der Waals surface area contributed by atoms with Crippen molar-refractivity contribution < 1.29 is 0 Å². The Morgan fingerprint density at radius 2 is 2.33 bits per heavy atom. The summed E-state index contributed by atoms with van der Waals surface area (Å²) in [5.74, 6) is 4.92. The highest BCUT2D eigenvalue weighted by Crippen LogP contribution is 2.25. The Morgan fingerprint density at radius 3 is 2.92 bits per heavy atom. The van der Waals surface area contributed by atoms with Crippen LogP contribution in [-0.4, -0.2) is 6.34 Å². The molecule has 0 aliphatic heterocycles. The van der Waals surface area contributed by atoms with Gasteiger partial charge < -0.3 is 11.2 Å². The van der Waals surface area contributed by atoms with E-state index in [2.05, 4.69) is 26.3 Å². The van der Waals surface area contributed by atoms with E-state index in [-0.39, 0.29) is 0 Å². The molecular weight excluding hydrogens is 241 g/mol. The van der Waals surface area contributed by atoms with Crippen LogP contribution in [0.5, 0.6) is 0 Å². The number of nitrogens with two attached hydrogens (primary N) is 1. The van der Waals surface area contributed by atoms with Gasteiger partial charge in [-0.1, -0.05) is 11.6 Å². The molecular formula is C7H7BrClN3. The molecule has 0 atom stereocenters. The van der Waals surface area contributed by atoms with Gasteiger partial charge in [-0.15, -0.1) is 0 Å². The second kappa shape index (κ2) is 4.33. The minimum absolute atomic E-state index is 0.678. The van der Waals surface area contributed by atoms with Crippen LogP contribution < -0.4 is 11.2 Å². The molecule has 0 bridgehead atoms. The third-order valence-corrected chi connectivity index (χ3v) is 2.12. The highest BCUT2D eigenvalue weighted by Gasteiger charge is 1.97. The summed E-state index contributed by atoms with van der Waals surface area (Å²) in [6.45, 7) is 0. The second-order valence-electron chi connectivity index (χ2n) is 2.05. The SMILES string of the molecule is N/N=C\Nc1ccc(Cl)cc1Br. The van der Waals surface area contributed by atoms with Crippen molar-refractivity contribution in [1.29, 1.82) is 0 Å². The summed E-state index contributed by atoms with van der Waals surface area (Å²) in [7, 11) is 0. The molecule has 5 heteroatoms. The van der Waals surface area contributed by atoms with Crippen LogP contribution in [-0.2, 0) is 0 Å². The summed E-state index contributed by atoms with van der Waals surface area (Å²) in [5.41, 5.74) is 0.869. The summed E-state index contributed by atoms with van der Waals surface area (Å²) in [6, 6.07) is 5.39. The van der Waals surface area contributed by atoms with Gasteiger partial charge in [0.2, 0.25) is 0 Å². The predicted molar refractivity (Wildman–Crippen MR) is 55.5 cm³/mol. The largest absolute Gasteiger partial charge is 0.344 e. The number of halogens is 2. The Kier molecular flexibility index (Phi) is 3.37. The highest BCUT2D eigenvalue weighted by atomic mass is 79.9. The number of rotatable bonds is 2. The van der Waals surface area contributed by atoms with E-state index >= 15 is 0 Å². The molecule has 64 valence electrons. The van der Waals surface area contributed by atoms with Gasteiger partial charge in [-0.3, -0.25) is 0 Å². The van der Waals surface area contributed by atoms with Gasteiger partial charge in [0, 0.05) is 9.50 Å². The fourth-order valence-electron chi connectivity index (χ4n) is 0.713. The van der Waals surface area contributed by atoms with Crippen LogP contribution >= 0.6 is 27.5 Å². The third-order valence-electron chi connectivity index (χ3n) is 1.23. The van der Waals surface area contributed by atoms with Crippen molar-refractivity contribution >= 4 is 39.6 Å². The maximum absolute atomic E-state index is 5.73. The lowest BCUT2D eigenvalue weighted by atomic mass is 10.3. The first-order valence-corrected chi connectivity index (χ1v) is 4.34. The van der Waals surface area contributed by atoms with E-state index in [0.29, 0.717) is 5.02 Å². The lowest BCUT2D eigenvalue weighted by Gasteiger charge is -2.02. The van der Waals surface area contributed by atoms with E-state index in [1.54, 1.807) is 12.1 Å². The minimum atomic E-state index is 0.678. The fourth-order valence-corrected chi connectivity index (χ4v) is 1.51. The number of anilines is 1. The number of hydrogen-bond donors (Lipinski definition) is 2. The van der Waals surface area contributed by atoms with Gasteiger partial charge in [0.05, 0.1) is 5.69 Å². The average Bonchev–Trinajstić information content (AvgIpc) is 2.03. The minimum Gasteiger partial charge on any atom is -0.344 e. The van der Waals surface area contributed by atoms with Gasteiger partial charge in [-0.25, -0.2) is 0 Å². The molecule has 0 heterocycles. The second-order valence-corrected chi connectivity index (χ2v) is 3.34. The van der Waals surface area contributed by atoms with E-state index < -0.39 is 0 Å². The Labute approximate surface area is 83.7 Å². The molecule has 0 aliphatic carbocycles. The number of nitrogens with zero attached hydrogens (tertiary/aromatic N) is 1. The summed E-state index contributed by atoms with van der Waals surface area (Å²) in [4.78, 5) is 0. The van der Waals surface area contributed by atoms with Crippen molar-refractivity contribution in [3.63, 3.8) is 0 Å². The van der Waals surface area contributed by atoms with E-state index in [1.807, 2.05) is 6.07 Å². The Balaban J connectivity index is 2.86. The molecule has 1 rings (SSSR count). The van der Waals surface area contributed by atoms with Crippen LogP contribution in [0.1, 0.15) is 0 Å². The van der Waals surface area contributed by atoms with Gasteiger partial charge in [0.1, 0.15) is 6.34 Å². The van der Waals surface area contributed by atoms with Gasteiger partial charge in [-0.05, 0) is 34.1 Å². The molecule has 0 radical (unpaired) electrons. The smallest absolute Gasteiger partial charge is 0.112 e. The monoisotopic (exact) mass is 247 g/mol. The first-order valence-electron chi connectivity index (χ1n) is 3.17. The number of hydrazone groups is 1. The highest BCUT2D eigenvalue weighted by molar-refractivity contribution is 9.10. The molecule has 0 spiro atoms. The van der Waals surface area contributed by atoms with Gasteiger partial charge in [0.15, 0.2) is 0 Å². The lowest BCUT2D eigenvalue weighted by molar-refractivity contribution is 1.26. The molecule has 12 heavy (non-hydrogen) atoms. The van der Waals surface area contributed by atoms with Crippen LogP contribution in [0.15, 0.2) is 27.8 Å². The molecule has 0 fully saturated rings. The third kappa shape index (κ3) is 2.39. The van der Waals surface area contributed by atoms with Crippen molar-refractivity contribution in [1.82, 2.24) is 0 Å². The van der Waals surface area contributed by atoms with Crippen molar-refractivity contribution in [2.45, 2.75) is 0 Å². The predicted octanol–water partition coefficient (Wildman–Crippen LogP) is 2.42. The molecule has 3 N–H and O–H groups in total. The van der Waals surface area contributed by atoms with E-state index in [1.165, 1.54) is 6.34 Å². The topological polar surface area (TPSA) is 50.4 Å². The van der Waals surface area contributed by atoms with Crippen LogP contribution in [0.4, 0.5) is 5.69 Å². The van der Waals surface area contributed by atoms with Crippen LogP contribution in [0.25, 0.3) is 0 Å². The van der Waals surface area contributed by atoms with Crippen LogP contribution in [0.3, 0.4) is 0 Å². The lowest BCUT2D eigenvalue weighted by Crippen LogP contribution is -1.97. The quantitative estimate of drug-likeness (QED) is 0.365. The molecule has 1 aromatic carbocycles. The molecule has 0 saturated heterocycles. The summed E-state index contributed by atoms with van der Waals surface area (Å²) < 4.78 is 0.870. The maximum atomic E-state index is 5.73.